The Bertz CT molecular complexity index is 508. The third kappa shape index (κ3) is 1.70. The molecule has 0 spiro atoms. The van der Waals surface area contributed by atoms with Gasteiger partial charge in [-0.25, -0.2) is 9.37 Å². The molecule has 0 radical (unpaired) electrons. The van der Waals surface area contributed by atoms with Crippen LogP contribution in [0.3, 0.4) is 0 Å². The number of nitrogens with zero attached hydrogens (tertiary/aromatic N) is 2. The maximum atomic E-state index is 13.3. The Balaban J connectivity index is 2.77. The van der Waals surface area contributed by atoms with E-state index < -0.39 is 5.82 Å². The van der Waals surface area contributed by atoms with E-state index in [1.165, 1.54) is 12.1 Å². The molecule has 80 valence electrons. The highest BCUT2D eigenvalue weighted by molar-refractivity contribution is 6.31. The number of hydrogen-bond acceptors (Lipinski definition) is 1. The standard InChI is InChI=1S/C10H9Cl2FN2/c1-2-15-9-4-7(13)6(12)3-8(9)14-10(15)5-11/h3-4H,2,5H2,1H3. The van der Waals surface area contributed by atoms with Gasteiger partial charge in [-0.1, -0.05) is 11.6 Å². The van der Waals surface area contributed by atoms with Crippen molar-refractivity contribution >= 4 is 34.2 Å². The van der Waals surface area contributed by atoms with Gasteiger partial charge in [0.05, 0.1) is 21.9 Å². The van der Waals surface area contributed by atoms with Crippen molar-refractivity contribution in [2.45, 2.75) is 19.3 Å². The quantitative estimate of drug-likeness (QED) is 0.741. The highest BCUT2D eigenvalue weighted by Gasteiger charge is 2.11. The van der Waals surface area contributed by atoms with E-state index in [1.54, 1.807) is 0 Å². The van der Waals surface area contributed by atoms with Gasteiger partial charge in [0.15, 0.2) is 0 Å². The van der Waals surface area contributed by atoms with E-state index >= 15 is 0 Å². The number of rotatable bonds is 2. The third-order valence-corrected chi connectivity index (χ3v) is 2.83. The number of fused-ring (bicyclic) bond motifs is 1. The SMILES string of the molecule is CCn1c(CCl)nc2cc(Cl)c(F)cc21. The van der Waals surface area contributed by atoms with Gasteiger partial charge < -0.3 is 4.57 Å². The first-order chi connectivity index (χ1) is 7.17. The van der Waals surface area contributed by atoms with E-state index in [1.807, 2.05) is 11.5 Å². The molecule has 0 atom stereocenters. The van der Waals surface area contributed by atoms with Crippen molar-refractivity contribution in [3.05, 3.63) is 28.8 Å². The number of halogens is 3. The zero-order valence-corrected chi connectivity index (χ0v) is 9.61. The molecule has 5 heteroatoms. The van der Waals surface area contributed by atoms with E-state index in [2.05, 4.69) is 4.98 Å². The van der Waals surface area contributed by atoms with Gasteiger partial charge in [0.2, 0.25) is 0 Å². The van der Waals surface area contributed by atoms with Crippen LogP contribution in [-0.2, 0) is 12.4 Å². The monoisotopic (exact) mass is 246 g/mol. The van der Waals surface area contributed by atoms with Gasteiger partial charge in [-0.05, 0) is 13.0 Å². The molecule has 0 saturated heterocycles. The summed E-state index contributed by atoms with van der Waals surface area (Å²) < 4.78 is 15.1. The number of aromatic nitrogens is 2. The van der Waals surface area contributed by atoms with E-state index in [-0.39, 0.29) is 5.02 Å². The average Bonchev–Trinajstić information content (AvgIpc) is 2.56. The molecule has 0 saturated carbocycles. The molecule has 0 N–H and O–H groups in total. The number of alkyl halides is 1. The van der Waals surface area contributed by atoms with Crippen molar-refractivity contribution in [2.75, 3.05) is 0 Å². The second-order valence-electron chi connectivity index (χ2n) is 3.16. The van der Waals surface area contributed by atoms with Crippen LogP contribution in [0.1, 0.15) is 12.7 Å². The largest absolute Gasteiger partial charge is 0.327 e. The highest BCUT2D eigenvalue weighted by atomic mass is 35.5. The Morgan fingerprint density at radius 2 is 2.20 bits per heavy atom. The molecular weight excluding hydrogens is 238 g/mol. The van der Waals surface area contributed by atoms with Crippen LogP contribution in [0.25, 0.3) is 11.0 Å². The lowest BCUT2D eigenvalue weighted by molar-refractivity contribution is 0.628. The van der Waals surface area contributed by atoms with Crippen LogP contribution in [0.5, 0.6) is 0 Å². The summed E-state index contributed by atoms with van der Waals surface area (Å²) in [4.78, 5) is 4.28. The van der Waals surface area contributed by atoms with Crippen molar-refractivity contribution in [1.82, 2.24) is 9.55 Å². The van der Waals surface area contributed by atoms with Gasteiger partial charge >= 0.3 is 0 Å². The minimum atomic E-state index is -0.431. The second-order valence-corrected chi connectivity index (χ2v) is 3.84. The van der Waals surface area contributed by atoms with Crippen LogP contribution < -0.4 is 0 Å². The topological polar surface area (TPSA) is 17.8 Å². The maximum absolute atomic E-state index is 13.3. The van der Waals surface area contributed by atoms with E-state index in [9.17, 15) is 4.39 Å². The molecule has 0 unspecified atom stereocenters. The minimum Gasteiger partial charge on any atom is -0.327 e. The molecule has 0 aliphatic rings. The van der Waals surface area contributed by atoms with Crippen LogP contribution in [0.2, 0.25) is 5.02 Å². The molecule has 0 aliphatic carbocycles. The van der Waals surface area contributed by atoms with Gasteiger partial charge in [-0.2, -0.15) is 0 Å². The van der Waals surface area contributed by atoms with Crippen LogP contribution in [0.4, 0.5) is 4.39 Å². The van der Waals surface area contributed by atoms with Crippen molar-refractivity contribution in [3.63, 3.8) is 0 Å². The molecule has 1 aromatic carbocycles. The Kier molecular flexibility index (Phi) is 2.85. The summed E-state index contributed by atoms with van der Waals surface area (Å²) in [5.74, 6) is 0.609. The van der Waals surface area contributed by atoms with Crippen LogP contribution in [0, 0.1) is 5.82 Å². The summed E-state index contributed by atoms with van der Waals surface area (Å²) >= 11 is 11.4. The van der Waals surface area contributed by atoms with Crippen LogP contribution >= 0.6 is 23.2 Å². The maximum Gasteiger partial charge on any atom is 0.144 e. The summed E-state index contributed by atoms with van der Waals surface area (Å²) in [5, 5.41) is 0.0874. The first-order valence-corrected chi connectivity index (χ1v) is 5.48. The fourth-order valence-electron chi connectivity index (χ4n) is 1.62. The third-order valence-electron chi connectivity index (χ3n) is 2.31. The zero-order valence-electron chi connectivity index (χ0n) is 8.10. The second kappa shape index (κ2) is 3.99. The molecule has 15 heavy (non-hydrogen) atoms. The average molecular weight is 247 g/mol. The van der Waals surface area contributed by atoms with E-state index in [0.29, 0.717) is 17.9 Å². The number of imidazole rings is 1. The first-order valence-electron chi connectivity index (χ1n) is 4.57. The summed E-state index contributed by atoms with van der Waals surface area (Å²) in [6.45, 7) is 2.67. The summed E-state index contributed by atoms with van der Waals surface area (Å²) in [5.41, 5.74) is 1.41. The molecule has 2 nitrogen and oxygen atoms in total. The fourth-order valence-corrected chi connectivity index (χ4v) is 1.99. The molecule has 0 aliphatic heterocycles. The van der Waals surface area contributed by atoms with Crippen LogP contribution in [-0.4, -0.2) is 9.55 Å². The van der Waals surface area contributed by atoms with Gasteiger partial charge in [-0.3, -0.25) is 0 Å². The fraction of sp³-hybridized carbons (Fsp3) is 0.300. The predicted octanol–water partition coefficient (Wildman–Crippen LogP) is 3.59. The summed E-state index contributed by atoms with van der Waals surface area (Å²) in [7, 11) is 0. The van der Waals surface area contributed by atoms with Crippen molar-refractivity contribution in [3.8, 4) is 0 Å². The normalized spacial score (nSPS) is 11.2. The molecular formula is C10H9Cl2FN2. The molecule has 2 rings (SSSR count). The van der Waals surface area contributed by atoms with Crippen LogP contribution in [0.15, 0.2) is 12.1 Å². The van der Waals surface area contributed by atoms with E-state index in [0.717, 1.165) is 11.3 Å². The lowest BCUT2D eigenvalue weighted by Gasteiger charge is -2.02. The molecule has 1 heterocycles. The molecule has 1 aromatic heterocycles. The lowest BCUT2D eigenvalue weighted by atomic mass is 10.3. The van der Waals surface area contributed by atoms with Crippen molar-refractivity contribution in [1.29, 1.82) is 0 Å². The van der Waals surface area contributed by atoms with Crippen molar-refractivity contribution < 1.29 is 4.39 Å². The Labute approximate surface area is 96.6 Å². The Morgan fingerprint density at radius 1 is 1.47 bits per heavy atom. The van der Waals surface area contributed by atoms with E-state index in [4.69, 9.17) is 23.2 Å². The highest BCUT2D eigenvalue weighted by Crippen LogP contribution is 2.24. The number of benzene rings is 1. The first kappa shape index (κ1) is 10.7. The van der Waals surface area contributed by atoms with Gasteiger partial charge in [0, 0.05) is 12.6 Å². The Hall–Kier alpha value is -0.800. The summed E-state index contributed by atoms with van der Waals surface area (Å²) in [6.07, 6.45) is 0. The molecule has 0 fully saturated rings. The molecule has 0 amide bonds. The number of aryl methyl sites for hydroxylation is 1. The van der Waals surface area contributed by atoms with Crippen molar-refractivity contribution in [2.24, 2.45) is 0 Å². The predicted molar refractivity (Wildman–Crippen MR) is 59.9 cm³/mol. The molecule has 2 aromatic rings. The number of hydrogen-bond donors (Lipinski definition) is 0. The molecule has 0 bridgehead atoms. The minimum absolute atomic E-state index is 0.0874. The Morgan fingerprint density at radius 3 is 2.80 bits per heavy atom. The zero-order chi connectivity index (χ0) is 11.0. The van der Waals surface area contributed by atoms with Gasteiger partial charge in [0.25, 0.3) is 0 Å². The smallest absolute Gasteiger partial charge is 0.144 e. The lowest BCUT2D eigenvalue weighted by Crippen LogP contribution is -1.99. The van der Waals surface area contributed by atoms with Gasteiger partial charge in [-0.15, -0.1) is 11.6 Å². The van der Waals surface area contributed by atoms with Gasteiger partial charge in [0.1, 0.15) is 11.6 Å². The summed E-state index contributed by atoms with van der Waals surface area (Å²) in [6, 6.07) is 2.92.